The molecule has 2 rings (SSSR count). The maximum absolute atomic E-state index is 13.3. The number of anilines is 2. The van der Waals surface area contributed by atoms with Crippen LogP contribution in [0.15, 0.2) is 45.8 Å². The van der Waals surface area contributed by atoms with Crippen LogP contribution in [0.4, 0.5) is 15.8 Å². The Morgan fingerprint density at radius 2 is 2.00 bits per heavy atom. The summed E-state index contributed by atoms with van der Waals surface area (Å²) >= 11 is 3.01. The fourth-order valence-corrected chi connectivity index (χ4v) is 3.73. The second-order valence-electron chi connectivity index (χ2n) is 4.13. The highest BCUT2D eigenvalue weighted by Crippen LogP contribution is 2.28. The van der Waals surface area contributed by atoms with Crippen LogP contribution < -0.4 is 10.5 Å². The average molecular weight is 369 g/mol. The van der Waals surface area contributed by atoms with Gasteiger partial charge in [0.15, 0.2) is 0 Å². The first-order valence-electron chi connectivity index (χ1n) is 5.67. The molecule has 108 valence electrons. The summed E-state index contributed by atoms with van der Waals surface area (Å²) in [5.74, 6) is 1.71. The van der Waals surface area contributed by atoms with Crippen molar-refractivity contribution in [3.63, 3.8) is 0 Å². The van der Waals surface area contributed by atoms with Crippen molar-refractivity contribution in [3.05, 3.63) is 52.3 Å². The number of hydrogen-bond donors (Lipinski definition) is 2. The average Bonchev–Trinajstić information content (AvgIpc) is 2.42. The number of sulfonamides is 1. The van der Waals surface area contributed by atoms with Gasteiger partial charge in [-0.25, -0.2) is 12.8 Å². The number of rotatable bonds is 3. The summed E-state index contributed by atoms with van der Waals surface area (Å²) in [7, 11) is -3.92. The second kappa shape index (κ2) is 5.76. The Labute approximate surface area is 130 Å². The molecule has 0 unspecified atom stereocenters. The molecule has 0 spiro atoms. The van der Waals surface area contributed by atoms with Gasteiger partial charge in [-0.05, 0) is 46.3 Å². The molecule has 4 nitrogen and oxygen atoms in total. The van der Waals surface area contributed by atoms with E-state index < -0.39 is 15.8 Å². The molecule has 0 atom stereocenters. The predicted molar refractivity (Wildman–Crippen MR) is 83.7 cm³/mol. The topological polar surface area (TPSA) is 72.2 Å². The summed E-state index contributed by atoms with van der Waals surface area (Å²) in [5.41, 5.74) is 6.00. The minimum absolute atomic E-state index is 0.0785. The number of benzene rings is 2. The predicted octanol–water partition coefficient (Wildman–Crippen LogP) is 2.95. The Hall–Kier alpha value is -2.04. The van der Waals surface area contributed by atoms with Gasteiger partial charge >= 0.3 is 0 Å². The van der Waals surface area contributed by atoms with Crippen molar-refractivity contribution in [2.45, 2.75) is 4.90 Å². The van der Waals surface area contributed by atoms with Gasteiger partial charge in [0.05, 0.1) is 11.4 Å². The molecule has 0 aliphatic rings. The minimum Gasteiger partial charge on any atom is -0.396 e. The normalized spacial score (nSPS) is 10.9. The number of halogens is 2. The van der Waals surface area contributed by atoms with Crippen molar-refractivity contribution in [2.75, 3.05) is 10.5 Å². The van der Waals surface area contributed by atoms with Crippen LogP contribution in [0.5, 0.6) is 0 Å². The molecule has 0 saturated heterocycles. The van der Waals surface area contributed by atoms with E-state index in [2.05, 4.69) is 26.6 Å². The third kappa shape index (κ3) is 3.35. The van der Waals surface area contributed by atoms with Crippen molar-refractivity contribution in [1.29, 1.82) is 0 Å². The number of nitrogen functional groups attached to an aromatic ring is 1. The molecule has 0 bridgehead atoms. The van der Waals surface area contributed by atoms with Gasteiger partial charge < -0.3 is 5.73 Å². The standard InChI is InChI=1S/C14H10BrFN2O2S/c1-2-9-4-3-5-10(6-9)18-21(19,20)14-8-13(17)12(16)7-11(14)15/h1,3-8,18H,17H2. The van der Waals surface area contributed by atoms with Crippen LogP contribution in [0, 0.1) is 18.2 Å². The van der Waals surface area contributed by atoms with Gasteiger partial charge in [0.1, 0.15) is 10.7 Å². The lowest BCUT2D eigenvalue weighted by Gasteiger charge is -2.11. The molecule has 2 aromatic rings. The molecule has 0 fully saturated rings. The number of hydrogen-bond acceptors (Lipinski definition) is 3. The Balaban J connectivity index is 2.43. The van der Waals surface area contributed by atoms with E-state index in [1.54, 1.807) is 18.2 Å². The molecule has 0 aliphatic carbocycles. The van der Waals surface area contributed by atoms with Gasteiger partial charge in [-0.2, -0.15) is 0 Å². The summed E-state index contributed by atoms with van der Waals surface area (Å²) in [6, 6.07) is 8.41. The zero-order chi connectivity index (χ0) is 15.6. The first-order valence-corrected chi connectivity index (χ1v) is 7.95. The highest BCUT2D eigenvalue weighted by Gasteiger charge is 2.20. The molecule has 0 saturated carbocycles. The largest absolute Gasteiger partial charge is 0.396 e. The van der Waals surface area contributed by atoms with Crippen LogP contribution in [-0.2, 0) is 10.0 Å². The molecule has 2 aromatic carbocycles. The lowest BCUT2D eigenvalue weighted by Crippen LogP contribution is -2.14. The Kier molecular flexibility index (Phi) is 4.21. The lowest BCUT2D eigenvalue weighted by atomic mass is 10.2. The smallest absolute Gasteiger partial charge is 0.263 e. The molecule has 0 aromatic heterocycles. The van der Waals surface area contributed by atoms with Gasteiger partial charge in [0.25, 0.3) is 10.0 Å². The minimum atomic E-state index is -3.92. The van der Waals surface area contributed by atoms with Crippen LogP contribution >= 0.6 is 15.9 Å². The first kappa shape index (κ1) is 15.4. The van der Waals surface area contributed by atoms with Crippen LogP contribution in [-0.4, -0.2) is 8.42 Å². The van der Waals surface area contributed by atoms with E-state index in [-0.39, 0.29) is 15.1 Å². The zero-order valence-electron chi connectivity index (χ0n) is 10.6. The summed E-state index contributed by atoms with van der Waals surface area (Å²) in [6.45, 7) is 0. The fourth-order valence-electron chi connectivity index (χ4n) is 1.63. The van der Waals surface area contributed by atoms with E-state index in [1.165, 1.54) is 6.07 Å². The van der Waals surface area contributed by atoms with E-state index in [9.17, 15) is 12.8 Å². The van der Waals surface area contributed by atoms with E-state index in [0.717, 1.165) is 12.1 Å². The van der Waals surface area contributed by atoms with Gasteiger partial charge in [-0.1, -0.05) is 12.0 Å². The highest BCUT2D eigenvalue weighted by molar-refractivity contribution is 9.10. The van der Waals surface area contributed by atoms with Gasteiger partial charge in [0.2, 0.25) is 0 Å². The molecule has 0 amide bonds. The number of nitrogens with two attached hydrogens (primary N) is 1. The van der Waals surface area contributed by atoms with Crippen molar-refractivity contribution >= 4 is 37.3 Å². The number of terminal acetylenes is 1. The Morgan fingerprint density at radius 3 is 2.67 bits per heavy atom. The molecular weight excluding hydrogens is 359 g/mol. The summed E-state index contributed by atoms with van der Waals surface area (Å²) in [6.07, 6.45) is 5.26. The molecule has 3 N–H and O–H groups in total. The van der Waals surface area contributed by atoms with E-state index in [1.807, 2.05) is 0 Å². The van der Waals surface area contributed by atoms with E-state index in [4.69, 9.17) is 12.2 Å². The molecule has 0 aliphatic heterocycles. The summed E-state index contributed by atoms with van der Waals surface area (Å²) < 4.78 is 40.4. The fraction of sp³-hybridized carbons (Fsp3) is 0. The maximum atomic E-state index is 13.3. The van der Waals surface area contributed by atoms with Gasteiger partial charge in [0, 0.05) is 10.0 Å². The Bertz CT molecular complexity index is 845. The molecule has 0 heterocycles. The Morgan fingerprint density at radius 1 is 1.29 bits per heavy atom. The first-order chi connectivity index (χ1) is 9.83. The molecule has 0 radical (unpaired) electrons. The third-order valence-electron chi connectivity index (χ3n) is 2.62. The van der Waals surface area contributed by atoms with Crippen molar-refractivity contribution < 1.29 is 12.8 Å². The summed E-state index contributed by atoms with van der Waals surface area (Å²) in [4.78, 5) is -0.160. The quantitative estimate of drug-likeness (QED) is 0.646. The van der Waals surface area contributed by atoms with Crippen molar-refractivity contribution in [1.82, 2.24) is 0 Å². The molecule has 21 heavy (non-hydrogen) atoms. The second-order valence-corrected chi connectivity index (χ2v) is 6.64. The maximum Gasteiger partial charge on any atom is 0.263 e. The van der Waals surface area contributed by atoms with Crippen molar-refractivity contribution in [2.24, 2.45) is 0 Å². The van der Waals surface area contributed by atoms with Crippen LogP contribution in [0.25, 0.3) is 0 Å². The van der Waals surface area contributed by atoms with Crippen LogP contribution in [0.2, 0.25) is 0 Å². The van der Waals surface area contributed by atoms with E-state index >= 15 is 0 Å². The van der Waals surface area contributed by atoms with Gasteiger partial charge in [-0.15, -0.1) is 6.42 Å². The monoisotopic (exact) mass is 368 g/mol. The highest BCUT2D eigenvalue weighted by atomic mass is 79.9. The summed E-state index contributed by atoms with van der Waals surface area (Å²) in [5, 5.41) is 0. The van der Waals surface area contributed by atoms with Crippen LogP contribution in [0.3, 0.4) is 0 Å². The SMILES string of the molecule is C#Cc1cccc(NS(=O)(=O)c2cc(N)c(F)cc2Br)c1. The van der Waals surface area contributed by atoms with E-state index in [0.29, 0.717) is 11.3 Å². The number of nitrogens with one attached hydrogen (secondary N) is 1. The lowest BCUT2D eigenvalue weighted by molar-refractivity contribution is 0.599. The third-order valence-corrected chi connectivity index (χ3v) is 4.96. The molecular formula is C14H10BrFN2O2S. The van der Waals surface area contributed by atoms with Crippen molar-refractivity contribution in [3.8, 4) is 12.3 Å². The zero-order valence-corrected chi connectivity index (χ0v) is 13.0. The van der Waals surface area contributed by atoms with Gasteiger partial charge in [-0.3, -0.25) is 4.72 Å². The van der Waals surface area contributed by atoms with Crippen LogP contribution in [0.1, 0.15) is 5.56 Å². The molecule has 7 heteroatoms.